The molecule has 0 aromatic carbocycles. The fraction of sp³-hybridized carbons (Fsp3) is 0.739. The highest BCUT2D eigenvalue weighted by molar-refractivity contribution is 8.00. The van der Waals surface area contributed by atoms with E-state index in [1.54, 1.807) is 0 Å². The van der Waals surface area contributed by atoms with Gasteiger partial charge in [0.1, 0.15) is 12.2 Å². The summed E-state index contributed by atoms with van der Waals surface area (Å²) in [4.78, 5) is 24.1. The van der Waals surface area contributed by atoms with Crippen LogP contribution in [0.2, 0.25) is 0 Å². The molecule has 0 aromatic rings. The van der Waals surface area contributed by atoms with Crippen molar-refractivity contribution in [1.82, 2.24) is 0 Å². The largest absolute Gasteiger partial charge is 0.462 e. The predicted molar refractivity (Wildman–Crippen MR) is 133 cm³/mol. The van der Waals surface area contributed by atoms with Gasteiger partial charge in [0.25, 0.3) is 12.7 Å². The number of hydrogen-bond acceptors (Lipinski definition) is 8. The van der Waals surface area contributed by atoms with E-state index in [-0.39, 0.29) is 0 Å². The van der Waals surface area contributed by atoms with E-state index in [0.29, 0.717) is 0 Å². The number of alkyl halides is 19. The molecule has 0 saturated heterocycles. The molecule has 0 rings (SSSR count). The van der Waals surface area contributed by atoms with Crippen molar-refractivity contribution in [3.63, 3.8) is 0 Å². The van der Waals surface area contributed by atoms with Crippen molar-refractivity contribution in [3.8, 4) is 0 Å². The monoisotopic (exact) mass is 818 g/mol. The van der Waals surface area contributed by atoms with Crippen LogP contribution in [0.25, 0.3) is 0 Å². The lowest BCUT2D eigenvalue weighted by molar-refractivity contribution is -0.446. The third kappa shape index (κ3) is 11.9. The van der Waals surface area contributed by atoms with Crippen LogP contribution in [-0.2, 0) is 28.5 Å². The number of hydrogen-bond donors (Lipinski definition) is 0. The van der Waals surface area contributed by atoms with Gasteiger partial charge in [-0.2, -0.15) is 74.6 Å². The van der Waals surface area contributed by atoms with Crippen LogP contribution in [0.3, 0.4) is 0 Å². The number of halogens is 19. The van der Waals surface area contributed by atoms with Gasteiger partial charge in [-0.3, -0.25) is 9.47 Å². The topological polar surface area (TPSA) is 71.1 Å². The average Bonchev–Trinajstić information content (AvgIpc) is 2.90. The second-order valence-corrected chi connectivity index (χ2v) is 12.0. The van der Waals surface area contributed by atoms with Crippen LogP contribution in [-0.4, -0.2) is 95.0 Å². The van der Waals surface area contributed by atoms with E-state index < -0.39 is 137 Å². The zero-order chi connectivity index (χ0) is 40.3. The molecule has 0 bridgehead atoms. The van der Waals surface area contributed by atoms with Crippen LogP contribution >= 0.6 is 23.5 Å². The van der Waals surface area contributed by atoms with Gasteiger partial charge in [-0.15, -0.1) is 0 Å². The molecule has 0 aliphatic rings. The van der Waals surface area contributed by atoms with Gasteiger partial charge < -0.3 is 9.47 Å². The van der Waals surface area contributed by atoms with Crippen molar-refractivity contribution in [1.29, 1.82) is 0 Å². The standard InChI is InChI=1S/C23H21F19O6S2/c1-8(2)12(43)45-10(6-49-17(28,29)14(24)47-22(39,40)19(32,33)16(5,26)27)11(46-13(44)9(3)4)7-50-18(30,31)15(25)48-23(41,42)20(34,35)21(36,37)38/h10-11,14-15H,1,3,6-7H2,2,4-5H3. The first-order valence-electron chi connectivity index (χ1n) is 12.2. The maximum absolute atomic E-state index is 14.4. The van der Waals surface area contributed by atoms with Gasteiger partial charge in [-0.25, -0.2) is 18.4 Å². The summed E-state index contributed by atoms with van der Waals surface area (Å²) in [6.07, 6.45) is -36.3. The summed E-state index contributed by atoms with van der Waals surface area (Å²) < 4.78 is 268. The Kier molecular flexibility index (Phi) is 15.4. The SMILES string of the molecule is C=C(C)C(=O)OC(CSC(F)(F)C(F)OC(F)(F)C(F)(F)C(C)(F)F)C(CSC(F)(F)C(F)OC(F)(F)C(F)(F)C(F)(F)F)OC(=O)C(=C)C. The molecule has 0 saturated carbocycles. The van der Waals surface area contributed by atoms with E-state index in [9.17, 15) is 93.0 Å². The number of esters is 2. The smallest absolute Gasteiger partial charge is 0.454 e. The second-order valence-electron chi connectivity index (χ2n) is 9.63. The van der Waals surface area contributed by atoms with Gasteiger partial charge in [0.15, 0.2) is 0 Å². The molecule has 0 amide bonds. The highest BCUT2D eigenvalue weighted by Crippen LogP contribution is 2.51. The number of rotatable bonds is 20. The van der Waals surface area contributed by atoms with Gasteiger partial charge in [0, 0.05) is 29.6 Å². The third-order valence-corrected chi connectivity index (χ3v) is 7.31. The molecule has 0 aliphatic heterocycles. The van der Waals surface area contributed by atoms with E-state index in [0.717, 1.165) is 13.8 Å². The maximum Gasteiger partial charge on any atom is 0.462 e. The molecule has 0 fully saturated rings. The Morgan fingerprint density at radius 2 is 0.860 bits per heavy atom. The fourth-order valence-corrected chi connectivity index (χ4v) is 4.09. The van der Waals surface area contributed by atoms with Crippen LogP contribution in [0.4, 0.5) is 83.4 Å². The summed E-state index contributed by atoms with van der Waals surface area (Å²) in [5.74, 6) is -26.8. The molecule has 27 heteroatoms. The molecule has 0 heterocycles. The summed E-state index contributed by atoms with van der Waals surface area (Å²) in [5, 5.41) is -11.2. The highest BCUT2D eigenvalue weighted by atomic mass is 32.2. The molecule has 4 unspecified atom stereocenters. The zero-order valence-electron chi connectivity index (χ0n) is 24.6. The molecule has 50 heavy (non-hydrogen) atoms. The fourth-order valence-electron chi connectivity index (χ4n) is 2.39. The van der Waals surface area contributed by atoms with Crippen LogP contribution in [0, 0.1) is 0 Å². The minimum Gasteiger partial charge on any atom is -0.454 e. The minimum absolute atomic E-state index is 0.686. The first-order valence-corrected chi connectivity index (χ1v) is 14.2. The lowest BCUT2D eigenvalue weighted by atomic mass is 10.2. The quantitative estimate of drug-likeness (QED) is 0.0686. The Hall–Kier alpha value is -2.29. The summed E-state index contributed by atoms with van der Waals surface area (Å²) >= 11 is -2.82. The van der Waals surface area contributed by atoms with Crippen LogP contribution < -0.4 is 0 Å². The van der Waals surface area contributed by atoms with Crippen molar-refractivity contribution < 1.29 is 112 Å². The number of carbonyl (C=O) groups is 2. The molecule has 4 atom stereocenters. The van der Waals surface area contributed by atoms with Crippen molar-refractivity contribution in [2.45, 2.75) is 92.4 Å². The van der Waals surface area contributed by atoms with Gasteiger partial charge >= 0.3 is 58.6 Å². The Bertz CT molecular complexity index is 1130. The van der Waals surface area contributed by atoms with E-state index >= 15 is 0 Å². The van der Waals surface area contributed by atoms with Gasteiger partial charge in [-0.1, -0.05) is 36.7 Å². The predicted octanol–water partition coefficient (Wildman–Crippen LogP) is 8.91. The molecule has 0 spiro atoms. The Morgan fingerprint density at radius 3 is 1.10 bits per heavy atom. The molecule has 6 nitrogen and oxygen atoms in total. The van der Waals surface area contributed by atoms with E-state index in [2.05, 4.69) is 32.1 Å². The third-order valence-electron chi connectivity index (χ3n) is 5.18. The van der Waals surface area contributed by atoms with Crippen molar-refractivity contribution >= 4 is 35.5 Å². The van der Waals surface area contributed by atoms with Gasteiger partial charge in [-0.05, 0) is 13.8 Å². The first-order chi connectivity index (χ1) is 21.9. The molecule has 0 aliphatic carbocycles. The molecule has 294 valence electrons. The van der Waals surface area contributed by atoms with Crippen LogP contribution in [0.5, 0.6) is 0 Å². The molecule has 0 N–H and O–H groups in total. The highest BCUT2D eigenvalue weighted by Gasteiger charge is 2.76. The van der Waals surface area contributed by atoms with E-state index in [1.807, 2.05) is 0 Å². The van der Waals surface area contributed by atoms with Crippen molar-refractivity contribution in [3.05, 3.63) is 24.3 Å². The lowest BCUT2D eigenvalue weighted by Crippen LogP contribution is -2.56. The Labute approximate surface area is 276 Å². The average molecular weight is 819 g/mol. The molecular weight excluding hydrogens is 797 g/mol. The first kappa shape index (κ1) is 47.7. The second kappa shape index (κ2) is 16.2. The van der Waals surface area contributed by atoms with Crippen molar-refractivity contribution in [2.75, 3.05) is 11.5 Å². The molecule has 0 radical (unpaired) electrons. The summed E-state index contributed by atoms with van der Waals surface area (Å²) in [7, 11) is 0. The van der Waals surface area contributed by atoms with Crippen LogP contribution in [0.15, 0.2) is 24.3 Å². The lowest BCUT2D eigenvalue weighted by Gasteiger charge is -2.33. The molecule has 0 aromatic heterocycles. The van der Waals surface area contributed by atoms with Crippen molar-refractivity contribution in [2.24, 2.45) is 0 Å². The van der Waals surface area contributed by atoms with E-state index in [1.165, 1.54) is 0 Å². The summed E-state index contributed by atoms with van der Waals surface area (Å²) in [5.41, 5.74) is -1.38. The molecular formula is C23H21F19O6S2. The Morgan fingerprint density at radius 1 is 0.580 bits per heavy atom. The summed E-state index contributed by atoms with van der Waals surface area (Å²) in [6, 6.07) is 0. The minimum atomic E-state index is -7.26. The van der Waals surface area contributed by atoms with Gasteiger partial charge in [0.2, 0.25) is 0 Å². The Balaban J connectivity index is 6.46. The summed E-state index contributed by atoms with van der Waals surface area (Å²) in [6.45, 7) is 6.82. The number of carbonyl (C=O) groups excluding carboxylic acids is 2. The number of thioether (sulfide) groups is 2. The maximum atomic E-state index is 14.4. The number of ether oxygens (including phenoxy) is 4. The van der Waals surface area contributed by atoms with Crippen LogP contribution in [0.1, 0.15) is 20.8 Å². The van der Waals surface area contributed by atoms with E-state index in [4.69, 9.17) is 0 Å². The normalized spacial score (nSPS) is 16.7. The van der Waals surface area contributed by atoms with Gasteiger partial charge in [0.05, 0.1) is 0 Å². The zero-order valence-corrected chi connectivity index (χ0v) is 26.2.